The van der Waals surface area contributed by atoms with E-state index in [1.165, 1.54) is 11.3 Å². The number of carbonyl (C=O) groups excluding carboxylic acids is 2. The number of nitrogens with one attached hydrogen (secondary N) is 2. The summed E-state index contributed by atoms with van der Waals surface area (Å²) in [6.45, 7) is 5.37. The van der Waals surface area contributed by atoms with Gasteiger partial charge in [0.25, 0.3) is 5.91 Å². The zero-order chi connectivity index (χ0) is 16.6. The number of thiazole rings is 1. The summed E-state index contributed by atoms with van der Waals surface area (Å²) in [4.78, 5) is 27.8. The average molecular weight is 331 g/mol. The molecule has 6 nitrogen and oxygen atoms in total. The Labute approximate surface area is 137 Å². The lowest BCUT2D eigenvalue weighted by atomic mass is 10.1. The minimum absolute atomic E-state index is 0.0639. The molecule has 1 aromatic heterocycles. The van der Waals surface area contributed by atoms with Crippen molar-refractivity contribution in [2.45, 2.75) is 26.9 Å². The Morgan fingerprint density at radius 3 is 2.96 bits per heavy atom. The van der Waals surface area contributed by atoms with Crippen molar-refractivity contribution in [3.05, 3.63) is 23.6 Å². The Hall–Kier alpha value is -2.41. The summed E-state index contributed by atoms with van der Waals surface area (Å²) in [6, 6.07) is 5.51. The van der Waals surface area contributed by atoms with Crippen LogP contribution in [-0.4, -0.2) is 22.9 Å². The van der Waals surface area contributed by atoms with Crippen LogP contribution in [-0.2, 0) is 9.59 Å². The predicted molar refractivity (Wildman–Crippen MR) is 89.7 cm³/mol. The molecule has 2 amide bonds. The second-order valence-electron chi connectivity index (χ2n) is 5.64. The van der Waals surface area contributed by atoms with Gasteiger partial charge in [0.1, 0.15) is 5.75 Å². The van der Waals surface area contributed by atoms with Gasteiger partial charge in [-0.2, -0.15) is 0 Å². The molecule has 120 valence electrons. The molecule has 1 aromatic carbocycles. The van der Waals surface area contributed by atoms with Crippen LogP contribution in [0.3, 0.4) is 0 Å². The lowest BCUT2D eigenvalue weighted by molar-refractivity contribution is -0.122. The van der Waals surface area contributed by atoms with Gasteiger partial charge in [-0.15, -0.1) is 11.3 Å². The second kappa shape index (κ2) is 6.00. The normalized spacial score (nSPS) is 16.5. The van der Waals surface area contributed by atoms with Gasteiger partial charge in [-0.1, -0.05) is 13.8 Å². The molecule has 0 unspecified atom stereocenters. The van der Waals surface area contributed by atoms with E-state index in [-0.39, 0.29) is 17.7 Å². The van der Waals surface area contributed by atoms with Gasteiger partial charge in [0.15, 0.2) is 11.2 Å². The standard InChI is InChI=1S/C16H17N3O3S/c1-8(2)14(20)19-16-18-12(7-23-16)10-4-5-13-11(6-10)17-15(21)9(3)22-13/h4-9H,1-3H3,(H,17,21)(H,18,19,20)/t9-/m1/s1. The first kappa shape index (κ1) is 15.5. The van der Waals surface area contributed by atoms with Crippen molar-refractivity contribution in [2.24, 2.45) is 5.92 Å². The number of nitrogens with zero attached hydrogens (tertiary/aromatic N) is 1. The quantitative estimate of drug-likeness (QED) is 0.905. The molecule has 2 aromatic rings. The molecule has 3 rings (SSSR count). The largest absolute Gasteiger partial charge is 0.479 e. The molecule has 0 bridgehead atoms. The van der Waals surface area contributed by atoms with Gasteiger partial charge in [-0.25, -0.2) is 4.98 Å². The number of anilines is 2. The maximum absolute atomic E-state index is 11.7. The first-order chi connectivity index (χ1) is 10.9. The van der Waals surface area contributed by atoms with E-state index in [1.54, 1.807) is 6.92 Å². The van der Waals surface area contributed by atoms with E-state index in [4.69, 9.17) is 4.74 Å². The molecule has 0 saturated heterocycles. The Kier molecular flexibility index (Phi) is 4.04. The van der Waals surface area contributed by atoms with E-state index in [0.29, 0.717) is 16.6 Å². The SMILES string of the molecule is CC(C)C(=O)Nc1nc(-c2ccc3c(c2)NC(=O)[C@@H](C)O3)cs1. The number of hydrogen-bond acceptors (Lipinski definition) is 5. The molecule has 23 heavy (non-hydrogen) atoms. The number of aromatic nitrogens is 1. The van der Waals surface area contributed by atoms with E-state index in [9.17, 15) is 9.59 Å². The van der Waals surface area contributed by atoms with Crippen molar-refractivity contribution >= 4 is 34.0 Å². The lowest BCUT2D eigenvalue weighted by Gasteiger charge is -2.23. The molecule has 0 radical (unpaired) electrons. The number of ether oxygens (including phenoxy) is 1. The van der Waals surface area contributed by atoms with Crippen LogP contribution in [0.1, 0.15) is 20.8 Å². The van der Waals surface area contributed by atoms with Crippen molar-refractivity contribution in [3.63, 3.8) is 0 Å². The first-order valence-corrected chi connectivity index (χ1v) is 8.20. The molecule has 0 aliphatic carbocycles. The monoisotopic (exact) mass is 331 g/mol. The van der Waals surface area contributed by atoms with E-state index in [0.717, 1.165) is 11.3 Å². The molecular formula is C16H17N3O3S. The molecular weight excluding hydrogens is 314 g/mol. The zero-order valence-electron chi connectivity index (χ0n) is 13.0. The molecule has 0 spiro atoms. The zero-order valence-corrected chi connectivity index (χ0v) is 13.9. The minimum Gasteiger partial charge on any atom is -0.479 e. The molecule has 0 fully saturated rings. The predicted octanol–water partition coefficient (Wildman–Crippen LogP) is 3.12. The number of benzene rings is 1. The van der Waals surface area contributed by atoms with E-state index in [2.05, 4.69) is 15.6 Å². The average Bonchev–Trinajstić information content (AvgIpc) is 2.96. The van der Waals surface area contributed by atoms with E-state index < -0.39 is 6.10 Å². The summed E-state index contributed by atoms with van der Waals surface area (Å²) in [5.41, 5.74) is 2.22. The number of hydrogen-bond donors (Lipinski definition) is 2. The summed E-state index contributed by atoms with van der Waals surface area (Å²) in [5, 5.41) is 8.02. The summed E-state index contributed by atoms with van der Waals surface area (Å²) < 4.78 is 5.53. The van der Waals surface area contributed by atoms with Gasteiger partial charge in [0.2, 0.25) is 5.91 Å². The third-order valence-corrected chi connectivity index (χ3v) is 4.22. The number of fused-ring (bicyclic) bond motifs is 1. The molecule has 2 N–H and O–H groups in total. The molecule has 1 aliphatic rings. The summed E-state index contributed by atoms with van der Waals surface area (Å²) >= 11 is 1.37. The maximum atomic E-state index is 11.7. The van der Waals surface area contributed by atoms with Crippen LogP contribution in [0.4, 0.5) is 10.8 Å². The fraction of sp³-hybridized carbons (Fsp3) is 0.312. The maximum Gasteiger partial charge on any atom is 0.265 e. The highest BCUT2D eigenvalue weighted by atomic mass is 32.1. The van der Waals surface area contributed by atoms with Gasteiger partial charge < -0.3 is 15.4 Å². The van der Waals surface area contributed by atoms with Crippen molar-refractivity contribution in [1.29, 1.82) is 0 Å². The minimum atomic E-state index is -0.495. The third-order valence-electron chi connectivity index (χ3n) is 3.46. The smallest absolute Gasteiger partial charge is 0.265 e. The van der Waals surface area contributed by atoms with Gasteiger partial charge in [0, 0.05) is 16.9 Å². The van der Waals surface area contributed by atoms with Gasteiger partial charge in [-0.05, 0) is 25.1 Å². The van der Waals surface area contributed by atoms with Crippen LogP contribution in [0.15, 0.2) is 23.6 Å². The van der Waals surface area contributed by atoms with E-state index in [1.807, 2.05) is 37.4 Å². The van der Waals surface area contributed by atoms with Gasteiger partial charge >= 0.3 is 0 Å². The van der Waals surface area contributed by atoms with Crippen LogP contribution < -0.4 is 15.4 Å². The molecule has 0 saturated carbocycles. The molecule has 7 heteroatoms. The highest BCUT2D eigenvalue weighted by Gasteiger charge is 2.23. The lowest BCUT2D eigenvalue weighted by Crippen LogP contribution is -2.34. The van der Waals surface area contributed by atoms with Gasteiger partial charge in [0.05, 0.1) is 11.4 Å². The Bertz CT molecular complexity index is 770. The highest BCUT2D eigenvalue weighted by Crippen LogP contribution is 2.34. The third kappa shape index (κ3) is 3.19. The molecule has 2 heterocycles. The van der Waals surface area contributed by atoms with Crippen LogP contribution in [0, 0.1) is 5.92 Å². The Morgan fingerprint density at radius 1 is 1.43 bits per heavy atom. The Balaban J connectivity index is 1.83. The second-order valence-corrected chi connectivity index (χ2v) is 6.50. The Morgan fingerprint density at radius 2 is 2.22 bits per heavy atom. The molecule has 1 atom stereocenters. The van der Waals surface area contributed by atoms with Crippen LogP contribution >= 0.6 is 11.3 Å². The van der Waals surface area contributed by atoms with Crippen LogP contribution in [0.25, 0.3) is 11.3 Å². The van der Waals surface area contributed by atoms with Crippen molar-refractivity contribution < 1.29 is 14.3 Å². The van der Waals surface area contributed by atoms with Crippen molar-refractivity contribution in [3.8, 4) is 17.0 Å². The summed E-state index contributed by atoms with van der Waals surface area (Å²) in [6.07, 6.45) is -0.495. The highest BCUT2D eigenvalue weighted by molar-refractivity contribution is 7.14. The summed E-state index contributed by atoms with van der Waals surface area (Å²) in [7, 11) is 0. The fourth-order valence-corrected chi connectivity index (χ4v) is 2.80. The topological polar surface area (TPSA) is 80.3 Å². The van der Waals surface area contributed by atoms with Crippen molar-refractivity contribution in [2.75, 3.05) is 10.6 Å². The fourth-order valence-electron chi connectivity index (χ4n) is 2.08. The first-order valence-electron chi connectivity index (χ1n) is 7.32. The van der Waals surface area contributed by atoms with Crippen LogP contribution in [0.5, 0.6) is 5.75 Å². The van der Waals surface area contributed by atoms with Gasteiger partial charge in [-0.3, -0.25) is 9.59 Å². The molecule has 1 aliphatic heterocycles. The number of amides is 2. The number of carbonyl (C=O) groups is 2. The summed E-state index contributed by atoms with van der Waals surface area (Å²) in [5.74, 6) is 0.314. The van der Waals surface area contributed by atoms with Crippen LogP contribution in [0.2, 0.25) is 0 Å². The van der Waals surface area contributed by atoms with E-state index >= 15 is 0 Å². The van der Waals surface area contributed by atoms with Crippen molar-refractivity contribution in [1.82, 2.24) is 4.98 Å². The number of rotatable bonds is 3.